The summed E-state index contributed by atoms with van der Waals surface area (Å²) in [5, 5.41) is 23.9. The second kappa shape index (κ2) is 6.66. The van der Waals surface area contributed by atoms with Gasteiger partial charge in [-0.25, -0.2) is 9.67 Å². The molecule has 1 atom stereocenters. The van der Waals surface area contributed by atoms with Crippen molar-refractivity contribution in [2.45, 2.75) is 19.1 Å². The van der Waals surface area contributed by atoms with Crippen molar-refractivity contribution in [2.75, 3.05) is 6.61 Å². The van der Waals surface area contributed by atoms with Gasteiger partial charge in [-0.15, -0.1) is 0 Å². The van der Waals surface area contributed by atoms with Crippen LogP contribution in [0.15, 0.2) is 24.3 Å². The number of rotatable bonds is 6. The molecule has 1 amide bonds. The molecule has 4 N–H and O–H groups in total. The van der Waals surface area contributed by atoms with Crippen molar-refractivity contribution < 1.29 is 15.0 Å². The van der Waals surface area contributed by atoms with E-state index in [1.807, 2.05) is 0 Å². The fourth-order valence-corrected chi connectivity index (χ4v) is 2.17. The zero-order valence-electron chi connectivity index (χ0n) is 11.1. The summed E-state index contributed by atoms with van der Waals surface area (Å²) in [6.45, 7) is -0.0375. The Morgan fingerprint density at radius 3 is 2.76 bits per heavy atom. The average Bonchev–Trinajstić information content (AvgIpc) is 2.81. The van der Waals surface area contributed by atoms with E-state index in [0.717, 1.165) is 0 Å². The minimum atomic E-state index is -1.11. The van der Waals surface area contributed by atoms with Gasteiger partial charge in [0.1, 0.15) is 6.10 Å². The van der Waals surface area contributed by atoms with Gasteiger partial charge < -0.3 is 15.9 Å². The highest BCUT2D eigenvalue weighted by atomic mass is 35.5. The van der Waals surface area contributed by atoms with Gasteiger partial charge in [-0.2, -0.15) is 5.10 Å². The summed E-state index contributed by atoms with van der Waals surface area (Å²) >= 11 is 6.05. The number of benzene rings is 1. The van der Waals surface area contributed by atoms with Crippen molar-refractivity contribution in [1.82, 2.24) is 14.8 Å². The summed E-state index contributed by atoms with van der Waals surface area (Å²) in [4.78, 5) is 15.1. The van der Waals surface area contributed by atoms with Gasteiger partial charge in [-0.1, -0.05) is 29.8 Å². The number of hydrogen-bond acceptors (Lipinski definition) is 5. The molecule has 7 nitrogen and oxygen atoms in total. The number of aliphatic hydroxyl groups excluding tert-OH is 2. The van der Waals surface area contributed by atoms with Gasteiger partial charge in [0, 0.05) is 10.6 Å². The van der Waals surface area contributed by atoms with Crippen LogP contribution in [0.5, 0.6) is 0 Å². The van der Waals surface area contributed by atoms with Gasteiger partial charge in [0.05, 0.1) is 19.6 Å². The molecule has 1 unspecified atom stereocenters. The third-order valence-corrected chi connectivity index (χ3v) is 3.18. The first-order valence-corrected chi connectivity index (χ1v) is 6.66. The minimum absolute atomic E-state index is 0.138. The first-order chi connectivity index (χ1) is 10.0. The molecule has 0 radical (unpaired) electrons. The summed E-state index contributed by atoms with van der Waals surface area (Å²) in [6, 6.07) is 6.80. The van der Waals surface area contributed by atoms with Gasteiger partial charge in [0.2, 0.25) is 5.91 Å². The first kappa shape index (κ1) is 15.4. The largest absolute Gasteiger partial charge is 0.394 e. The second-order valence-electron chi connectivity index (χ2n) is 4.40. The van der Waals surface area contributed by atoms with Crippen LogP contribution in [0.4, 0.5) is 0 Å². The topological polar surface area (TPSA) is 114 Å². The molecule has 2 aromatic rings. The van der Waals surface area contributed by atoms with Gasteiger partial charge in [0.15, 0.2) is 11.6 Å². The van der Waals surface area contributed by atoms with E-state index < -0.39 is 12.0 Å². The Hall–Kier alpha value is -1.96. The van der Waals surface area contributed by atoms with E-state index in [9.17, 15) is 9.90 Å². The van der Waals surface area contributed by atoms with Gasteiger partial charge >= 0.3 is 0 Å². The number of primary amides is 1. The third kappa shape index (κ3) is 3.57. The monoisotopic (exact) mass is 310 g/mol. The van der Waals surface area contributed by atoms with Crippen LogP contribution >= 0.6 is 11.6 Å². The van der Waals surface area contributed by atoms with Crippen LogP contribution in [-0.2, 0) is 17.8 Å². The lowest BCUT2D eigenvalue weighted by atomic mass is 10.1. The number of aromatic nitrogens is 3. The van der Waals surface area contributed by atoms with Crippen molar-refractivity contribution in [3.8, 4) is 0 Å². The van der Waals surface area contributed by atoms with E-state index >= 15 is 0 Å². The second-order valence-corrected chi connectivity index (χ2v) is 4.81. The Morgan fingerprint density at radius 1 is 1.43 bits per heavy atom. The number of halogens is 1. The molecule has 21 heavy (non-hydrogen) atoms. The standard InChI is InChI=1S/C13H15ClN4O3/c14-9-4-2-1-3-8(9)12(21)13-16-11(7-10(15)20)17-18(13)5-6-19/h1-4,12,19,21H,5-7H2,(H2,15,20). The van der Waals surface area contributed by atoms with Crippen molar-refractivity contribution in [2.24, 2.45) is 5.73 Å². The Kier molecular flexibility index (Phi) is 4.89. The van der Waals surface area contributed by atoms with E-state index in [1.54, 1.807) is 24.3 Å². The van der Waals surface area contributed by atoms with E-state index in [2.05, 4.69) is 10.1 Å². The van der Waals surface area contributed by atoms with Crippen LogP contribution in [0.3, 0.4) is 0 Å². The van der Waals surface area contributed by atoms with Crippen LogP contribution in [0.25, 0.3) is 0 Å². The molecule has 0 aliphatic rings. The molecule has 8 heteroatoms. The maximum Gasteiger partial charge on any atom is 0.225 e. The number of nitrogens with zero attached hydrogens (tertiary/aromatic N) is 3. The minimum Gasteiger partial charge on any atom is -0.394 e. The molecular weight excluding hydrogens is 296 g/mol. The Labute approximate surface area is 126 Å². The van der Waals surface area contributed by atoms with E-state index in [0.29, 0.717) is 10.6 Å². The molecule has 1 aromatic carbocycles. The number of carbonyl (C=O) groups excluding carboxylic acids is 1. The molecule has 0 saturated carbocycles. The molecule has 1 heterocycles. The Balaban J connectivity index is 2.39. The number of nitrogens with two attached hydrogens (primary N) is 1. The number of aliphatic hydroxyl groups is 2. The summed E-state index contributed by atoms with van der Waals surface area (Å²) < 4.78 is 1.34. The lowest BCUT2D eigenvalue weighted by molar-refractivity contribution is -0.117. The van der Waals surface area contributed by atoms with Crippen molar-refractivity contribution in [1.29, 1.82) is 0 Å². The first-order valence-electron chi connectivity index (χ1n) is 6.28. The van der Waals surface area contributed by atoms with Crippen molar-refractivity contribution >= 4 is 17.5 Å². The Bertz CT molecular complexity index is 644. The third-order valence-electron chi connectivity index (χ3n) is 2.83. The van der Waals surface area contributed by atoms with Crippen LogP contribution in [0.1, 0.15) is 23.3 Å². The van der Waals surface area contributed by atoms with Crippen LogP contribution in [-0.4, -0.2) is 37.5 Å². The van der Waals surface area contributed by atoms with E-state index in [1.165, 1.54) is 4.68 Å². The highest BCUT2D eigenvalue weighted by Gasteiger charge is 2.22. The van der Waals surface area contributed by atoms with E-state index in [4.69, 9.17) is 22.4 Å². The lowest BCUT2D eigenvalue weighted by Crippen LogP contribution is -2.15. The van der Waals surface area contributed by atoms with Gasteiger partial charge in [-0.05, 0) is 6.07 Å². The Morgan fingerprint density at radius 2 is 2.14 bits per heavy atom. The summed E-state index contributed by atoms with van der Waals surface area (Å²) in [5.41, 5.74) is 5.58. The molecule has 1 aromatic heterocycles. The molecular formula is C13H15ClN4O3. The van der Waals surface area contributed by atoms with Crippen LogP contribution in [0.2, 0.25) is 5.02 Å². The quantitative estimate of drug-likeness (QED) is 0.696. The normalized spacial score (nSPS) is 12.3. The zero-order valence-corrected chi connectivity index (χ0v) is 11.9. The maximum absolute atomic E-state index is 10.9. The summed E-state index contributed by atoms with van der Waals surface area (Å²) in [5.74, 6) is -0.180. The zero-order chi connectivity index (χ0) is 15.4. The highest BCUT2D eigenvalue weighted by Crippen LogP contribution is 2.27. The summed E-state index contributed by atoms with van der Waals surface area (Å²) in [7, 11) is 0. The number of amides is 1. The molecule has 0 fully saturated rings. The van der Waals surface area contributed by atoms with Crippen LogP contribution in [0, 0.1) is 0 Å². The average molecular weight is 311 g/mol. The van der Waals surface area contributed by atoms with E-state index in [-0.39, 0.29) is 31.2 Å². The maximum atomic E-state index is 10.9. The molecule has 0 bridgehead atoms. The number of hydrogen-bond donors (Lipinski definition) is 3. The number of carbonyl (C=O) groups is 1. The lowest BCUT2D eigenvalue weighted by Gasteiger charge is -2.12. The molecule has 112 valence electrons. The molecule has 0 aliphatic heterocycles. The predicted octanol–water partition coefficient (Wildman–Crippen LogP) is 0.0333. The van der Waals surface area contributed by atoms with Crippen LogP contribution < -0.4 is 5.73 Å². The fraction of sp³-hybridized carbons (Fsp3) is 0.308. The highest BCUT2D eigenvalue weighted by molar-refractivity contribution is 6.31. The van der Waals surface area contributed by atoms with Crippen molar-refractivity contribution in [3.05, 3.63) is 46.5 Å². The smallest absolute Gasteiger partial charge is 0.225 e. The van der Waals surface area contributed by atoms with Crippen molar-refractivity contribution in [3.63, 3.8) is 0 Å². The van der Waals surface area contributed by atoms with Gasteiger partial charge in [-0.3, -0.25) is 4.79 Å². The van der Waals surface area contributed by atoms with Gasteiger partial charge in [0.25, 0.3) is 0 Å². The SMILES string of the molecule is NC(=O)Cc1nc(C(O)c2ccccc2Cl)n(CCO)n1. The molecule has 0 aliphatic carbocycles. The summed E-state index contributed by atoms with van der Waals surface area (Å²) in [6.07, 6.45) is -1.25. The molecule has 0 spiro atoms. The molecule has 0 saturated heterocycles. The molecule has 2 rings (SSSR count). The fourth-order valence-electron chi connectivity index (χ4n) is 1.93. The predicted molar refractivity (Wildman–Crippen MR) is 75.5 cm³/mol.